The second-order valence-corrected chi connectivity index (χ2v) is 14.1. The van der Waals surface area contributed by atoms with E-state index in [1.165, 1.54) is 81.6 Å². The molecule has 1 unspecified atom stereocenters. The zero-order valence-electron chi connectivity index (χ0n) is 28.9. The fourth-order valence-corrected chi connectivity index (χ4v) is 8.86. The number of aromatic nitrogens is 3. The highest BCUT2D eigenvalue weighted by Crippen LogP contribution is 2.47. The molecule has 0 spiro atoms. The Morgan fingerprint density at radius 3 is 1.85 bits per heavy atom. The molecule has 0 aliphatic heterocycles. The zero-order chi connectivity index (χ0) is 34.9. The highest BCUT2D eigenvalue weighted by atomic mass is 15.0. The lowest BCUT2D eigenvalue weighted by Gasteiger charge is -2.20. The minimum absolute atomic E-state index is 0.214. The molecule has 10 aromatic rings. The number of pyridine rings is 2. The molecule has 3 nitrogen and oxygen atoms in total. The fourth-order valence-electron chi connectivity index (χ4n) is 8.86. The lowest BCUT2D eigenvalue weighted by Crippen LogP contribution is -2.07. The van der Waals surface area contributed by atoms with Gasteiger partial charge in [-0.2, -0.15) is 0 Å². The second-order valence-electron chi connectivity index (χ2n) is 14.1. The maximum atomic E-state index is 4.94. The molecule has 0 saturated carbocycles. The maximum absolute atomic E-state index is 4.94. The molecular weight excluding hydrogens is 643 g/mol. The summed E-state index contributed by atoms with van der Waals surface area (Å²) >= 11 is 0. The Hall–Kier alpha value is -6.84. The standard InChI is InChI=1S/C50H33N3/c1-2-15-34(16-3-1)53-47-26-25-33(29-42(47)43-30-46(52-31-48(43)53)45-24-12-13-27-51-45)49-38-20-8-10-22-40(38)50(41-23-11-9-21-39(41)49)44-28-32-14-4-5-17-35(32)36-18-6-7-19-37(36)44/h1-15,17-31,34H,16H2. The number of allylic oxidation sites excluding steroid dienone is 4. The number of rotatable bonds is 4. The Morgan fingerprint density at radius 2 is 1.13 bits per heavy atom. The van der Waals surface area contributed by atoms with Crippen molar-refractivity contribution < 1.29 is 0 Å². The third kappa shape index (κ3) is 4.60. The lowest BCUT2D eigenvalue weighted by atomic mass is 9.83. The van der Waals surface area contributed by atoms with Crippen LogP contribution in [0.3, 0.4) is 0 Å². The summed E-state index contributed by atoms with van der Waals surface area (Å²) in [4.78, 5) is 9.59. The highest BCUT2D eigenvalue weighted by Gasteiger charge is 2.22. The minimum atomic E-state index is 0.214. The maximum Gasteiger partial charge on any atom is 0.0893 e. The first kappa shape index (κ1) is 29.8. The molecule has 53 heavy (non-hydrogen) atoms. The number of hydrogen-bond donors (Lipinski definition) is 0. The molecule has 1 aliphatic rings. The molecule has 0 fully saturated rings. The van der Waals surface area contributed by atoms with Crippen LogP contribution in [0.5, 0.6) is 0 Å². The van der Waals surface area contributed by atoms with Gasteiger partial charge in [0, 0.05) is 22.5 Å². The number of benzene rings is 7. The van der Waals surface area contributed by atoms with Crippen LogP contribution in [0.1, 0.15) is 12.5 Å². The van der Waals surface area contributed by atoms with Gasteiger partial charge in [-0.05, 0) is 108 Å². The Labute approximate surface area is 306 Å². The lowest BCUT2D eigenvalue weighted by molar-refractivity contribution is 0.647. The van der Waals surface area contributed by atoms with Gasteiger partial charge in [0.05, 0.1) is 29.1 Å². The molecular formula is C50H33N3. The SMILES string of the molecule is C1=CCC(n2c3ccc(-c4c5ccccc5c(-c5cc6ccccc6c6ccccc56)c5ccccc45)cc3c3cc(-c4ccccn4)ncc32)C=C1. The van der Waals surface area contributed by atoms with Crippen molar-refractivity contribution in [2.75, 3.05) is 0 Å². The van der Waals surface area contributed by atoms with Gasteiger partial charge in [0.2, 0.25) is 0 Å². The van der Waals surface area contributed by atoms with Crippen molar-refractivity contribution in [1.29, 1.82) is 0 Å². The van der Waals surface area contributed by atoms with E-state index in [0.29, 0.717) is 0 Å². The van der Waals surface area contributed by atoms with Gasteiger partial charge in [-0.25, -0.2) is 0 Å². The van der Waals surface area contributed by atoms with Crippen LogP contribution in [0.2, 0.25) is 0 Å². The van der Waals surface area contributed by atoms with Gasteiger partial charge < -0.3 is 4.57 Å². The van der Waals surface area contributed by atoms with Crippen molar-refractivity contribution in [2.24, 2.45) is 0 Å². The third-order valence-electron chi connectivity index (χ3n) is 11.2. The van der Waals surface area contributed by atoms with Gasteiger partial charge in [0.15, 0.2) is 0 Å². The molecule has 0 bridgehead atoms. The Kier molecular flexibility index (Phi) is 6.68. The van der Waals surface area contributed by atoms with Gasteiger partial charge in [-0.15, -0.1) is 0 Å². The van der Waals surface area contributed by atoms with E-state index in [1.807, 2.05) is 30.6 Å². The fraction of sp³-hybridized carbons (Fsp3) is 0.0400. The van der Waals surface area contributed by atoms with Crippen molar-refractivity contribution in [1.82, 2.24) is 14.5 Å². The van der Waals surface area contributed by atoms with E-state index < -0.39 is 0 Å². The van der Waals surface area contributed by atoms with Gasteiger partial charge in [0.25, 0.3) is 0 Å². The van der Waals surface area contributed by atoms with Crippen molar-refractivity contribution >= 4 is 64.9 Å². The van der Waals surface area contributed by atoms with Crippen LogP contribution in [-0.4, -0.2) is 14.5 Å². The van der Waals surface area contributed by atoms with E-state index in [9.17, 15) is 0 Å². The third-order valence-corrected chi connectivity index (χ3v) is 11.2. The van der Waals surface area contributed by atoms with E-state index in [0.717, 1.165) is 23.3 Å². The summed E-state index contributed by atoms with van der Waals surface area (Å²) in [5, 5.41) is 12.5. The first-order chi connectivity index (χ1) is 26.3. The van der Waals surface area contributed by atoms with Crippen LogP contribution >= 0.6 is 0 Å². The summed E-state index contributed by atoms with van der Waals surface area (Å²) in [6.45, 7) is 0. The Bertz CT molecular complexity index is 3090. The molecule has 1 atom stereocenters. The zero-order valence-corrected chi connectivity index (χ0v) is 28.9. The first-order valence-electron chi connectivity index (χ1n) is 18.3. The number of nitrogens with zero attached hydrogens (tertiary/aromatic N) is 3. The number of hydrogen-bond acceptors (Lipinski definition) is 2. The summed E-state index contributed by atoms with van der Waals surface area (Å²) in [7, 11) is 0. The molecule has 3 heteroatoms. The first-order valence-corrected chi connectivity index (χ1v) is 18.3. The van der Waals surface area contributed by atoms with Crippen LogP contribution in [0, 0.1) is 0 Å². The summed E-state index contributed by atoms with van der Waals surface area (Å²) in [6.07, 6.45) is 13.7. The topological polar surface area (TPSA) is 30.7 Å². The van der Waals surface area contributed by atoms with Crippen LogP contribution in [0.4, 0.5) is 0 Å². The molecule has 1 aliphatic carbocycles. The van der Waals surface area contributed by atoms with Crippen LogP contribution < -0.4 is 0 Å². The predicted octanol–water partition coefficient (Wildman–Crippen LogP) is 13.3. The minimum Gasteiger partial charge on any atom is -0.332 e. The molecule has 0 radical (unpaired) electrons. The Balaban J connectivity index is 1.22. The quantitative estimate of drug-likeness (QED) is 0.137. The summed E-state index contributed by atoms with van der Waals surface area (Å²) in [6, 6.07) is 53.5. The smallest absolute Gasteiger partial charge is 0.0893 e. The average molecular weight is 676 g/mol. The number of fused-ring (bicyclic) bond motifs is 8. The molecule has 0 amide bonds. The molecule has 7 aromatic carbocycles. The predicted molar refractivity (Wildman–Crippen MR) is 223 cm³/mol. The van der Waals surface area contributed by atoms with Crippen molar-refractivity contribution in [3.05, 3.63) is 182 Å². The van der Waals surface area contributed by atoms with Gasteiger partial charge in [-0.1, -0.05) is 133 Å². The largest absolute Gasteiger partial charge is 0.332 e. The summed E-state index contributed by atoms with van der Waals surface area (Å²) in [5.74, 6) is 0. The van der Waals surface area contributed by atoms with E-state index in [-0.39, 0.29) is 6.04 Å². The second kappa shape index (κ2) is 11.9. The highest BCUT2D eigenvalue weighted by molar-refractivity contribution is 6.26. The van der Waals surface area contributed by atoms with Crippen molar-refractivity contribution in [3.63, 3.8) is 0 Å². The van der Waals surface area contributed by atoms with Gasteiger partial charge >= 0.3 is 0 Å². The molecule has 248 valence electrons. The molecule has 3 aromatic heterocycles. The van der Waals surface area contributed by atoms with Gasteiger partial charge in [-0.3, -0.25) is 9.97 Å². The van der Waals surface area contributed by atoms with E-state index >= 15 is 0 Å². The average Bonchev–Trinajstić information content (AvgIpc) is 3.56. The van der Waals surface area contributed by atoms with Crippen molar-refractivity contribution in [2.45, 2.75) is 12.5 Å². The van der Waals surface area contributed by atoms with E-state index in [2.05, 4.69) is 161 Å². The monoisotopic (exact) mass is 675 g/mol. The molecule has 0 N–H and O–H groups in total. The van der Waals surface area contributed by atoms with Crippen LogP contribution in [-0.2, 0) is 0 Å². The molecule has 0 saturated heterocycles. The summed E-state index contributed by atoms with van der Waals surface area (Å²) in [5.41, 5.74) is 9.10. The van der Waals surface area contributed by atoms with Crippen molar-refractivity contribution in [3.8, 4) is 33.6 Å². The van der Waals surface area contributed by atoms with Gasteiger partial charge in [0.1, 0.15) is 0 Å². The van der Waals surface area contributed by atoms with E-state index in [1.54, 1.807) is 0 Å². The Morgan fingerprint density at radius 1 is 0.472 bits per heavy atom. The molecule has 3 heterocycles. The van der Waals surface area contributed by atoms with E-state index in [4.69, 9.17) is 4.98 Å². The van der Waals surface area contributed by atoms with Crippen LogP contribution in [0.25, 0.3) is 98.5 Å². The van der Waals surface area contributed by atoms with Crippen LogP contribution in [0.15, 0.2) is 182 Å². The summed E-state index contributed by atoms with van der Waals surface area (Å²) < 4.78 is 2.47. The molecule has 11 rings (SSSR count). The normalized spacial score (nSPS) is 14.4.